The Morgan fingerprint density at radius 3 is 2.47 bits per heavy atom. The van der Waals surface area contributed by atoms with E-state index in [1.54, 1.807) is 0 Å². The zero-order chi connectivity index (χ0) is 10.7. The summed E-state index contributed by atoms with van der Waals surface area (Å²) in [6.45, 7) is 0. The Kier molecular flexibility index (Phi) is 7.48. The van der Waals surface area contributed by atoms with Crippen LogP contribution in [0.2, 0.25) is 0 Å². The quantitative estimate of drug-likeness (QED) is 0.414. The minimum absolute atomic E-state index is 0. The van der Waals surface area contributed by atoms with Crippen molar-refractivity contribution in [2.45, 2.75) is 6.42 Å². The number of halogens is 1. The standard InChI is InChI=1S/C13H12O2.ClH.Na/c1-15-13(14)9-11-7-4-6-10-5-2-3-8-12(10)11;;/h2-8H,9H2,1H3;1H;/q;;+1/p-1. The molecule has 17 heavy (non-hydrogen) atoms. The van der Waals surface area contributed by atoms with Gasteiger partial charge in [-0.15, -0.1) is 0 Å². The van der Waals surface area contributed by atoms with Gasteiger partial charge in [-0.1, -0.05) is 42.5 Å². The second kappa shape index (κ2) is 7.72. The van der Waals surface area contributed by atoms with Gasteiger partial charge in [0.1, 0.15) is 0 Å². The van der Waals surface area contributed by atoms with Crippen molar-refractivity contribution in [2.75, 3.05) is 7.11 Å². The van der Waals surface area contributed by atoms with Crippen LogP contribution in [0.1, 0.15) is 5.56 Å². The second-order valence-electron chi connectivity index (χ2n) is 3.39. The summed E-state index contributed by atoms with van der Waals surface area (Å²) in [6.07, 6.45) is 0.331. The maximum atomic E-state index is 11.2. The fourth-order valence-electron chi connectivity index (χ4n) is 1.67. The van der Waals surface area contributed by atoms with E-state index in [4.69, 9.17) is 0 Å². The first-order valence-corrected chi connectivity index (χ1v) is 4.84. The molecule has 0 aromatic heterocycles. The van der Waals surface area contributed by atoms with E-state index in [2.05, 4.69) is 4.74 Å². The van der Waals surface area contributed by atoms with Gasteiger partial charge in [-0.3, -0.25) is 4.79 Å². The summed E-state index contributed by atoms with van der Waals surface area (Å²) < 4.78 is 4.66. The molecule has 0 heterocycles. The Labute approximate surface area is 129 Å². The summed E-state index contributed by atoms with van der Waals surface area (Å²) in [5, 5.41) is 2.27. The zero-order valence-electron chi connectivity index (χ0n) is 9.94. The Hall–Kier alpha value is -0.540. The molecule has 0 atom stereocenters. The molecule has 0 unspecified atom stereocenters. The average Bonchev–Trinajstić information content (AvgIpc) is 2.29. The van der Waals surface area contributed by atoms with Gasteiger partial charge in [0.15, 0.2) is 0 Å². The minimum atomic E-state index is -0.202. The monoisotopic (exact) mass is 258 g/mol. The van der Waals surface area contributed by atoms with E-state index in [0.29, 0.717) is 6.42 Å². The number of ether oxygens (including phenoxy) is 1. The summed E-state index contributed by atoms with van der Waals surface area (Å²) in [7, 11) is 1.41. The maximum Gasteiger partial charge on any atom is 1.00 e. The topological polar surface area (TPSA) is 26.3 Å². The second-order valence-corrected chi connectivity index (χ2v) is 3.39. The number of carbonyl (C=O) groups excluding carboxylic acids is 1. The number of methoxy groups -OCH3 is 1. The fourth-order valence-corrected chi connectivity index (χ4v) is 1.67. The molecule has 0 bridgehead atoms. The van der Waals surface area contributed by atoms with Gasteiger partial charge in [0.25, 0.3) is 0 Å². The van der Waals surface area contributed by atoms with Gasteiger partial charge in [-0.2, -0.15) is 0 Å². The predicted octanol–water partition coefficient (Wildman–Crippen LogP) is -3.44. The van der Waals surface area contributed by atoms with Crippen LogP contribution in [0.3, 0.4) is 0 Å². The third-order valence-electron chi connectivity index (χ3n) is 2.44. The molecule has 84 valence electrons. The number of benzene rings is 2. The first-order chi connectivity index (χ1) is 7.31. The number of rotatable bonds is 2. The van der Waals surface area contributed by atoms with Crippen LogP contribution in [0.4, 0.5) is 0 Å². The Morgan fingerprint density at radius 1 is 1.12 bits per heavy atom. The van der Waals surface area contributed by atoms with E-state index in [9.17, 15) is 4.79 Å². The SMILES string of the molecule is COC(=O)Cc1cccc2ccccc12.[Cl-].[Na+]. The summed E-state index contributed by atoms with van der Waals surface area (Å²) in [5.74, 6) is -0.202. The smallest absolute Gasteiger partial charge is 1.00 e. The molecule has 0 amide bonds. The average molecular weight is 259 g/mol. The number of carbonyl (C=O) groups is 1. The van der Waals surface area contributed by atoms with Crippen LogP contribution in [-0.4, -0.2) is 13.1 Å². The van der Waals surface area contributed by atoms with Gasteiger partial charge in [0.2, 0.25) is 0 Å². The fraction of sp³-hybridized carbons (Fsp3) is 0.154. The van der Waals surface area contributed by atoms with Gasteiger partial charge in [-0.05, 0) is 16.3 Å². The van der Waals surface area contributed by atoms with E-state index in [0.717, 1.165) is 16.3 Å². The van der Waals surface area contributed by atoms with Gasteiger partial charge < -0.3 is 17.1 Å². The van der Waals surface area contributed by atoms with Crippen LogP contribution < -0.4 is 42.0 Å². The zero-order valence-corrected chi connectivity index (χ0v) is 12.7. The van der Waals surface area contributed by atoms with Crippen molar-refractivity contribution >= 4 is 16.7 Å². The van der Waals surface area contributed by atoms with Crippen molar-refractivity contribution < 1.29 is 51.5 Å². The van der Waals surface area contributed by atoms with Crippen molar-refractivity contribution in [1.82, 2.24) is 0 Å². The van der Waals surface area contributed by atoms with Crippen LogP contribution in [0.15, 0.2) is 42.5 Å². The molecule has 2 aromatic carbocycles. The molecule has 0 N–H and O–H groups in total. The van der Waals surface area contributed by atoms with Crippen molar-refractivity contribution in [3.05, 3.63) is 48.0 Å². The number of hydrogen-bond donors (Lipinski definition) is 0. The number of esters is 1. The van der Waals surface area contributed by atoms with Crippen molar-refractivity contribution in [1.29, 1.82) is 0 Å². The first-order valence-electron chi connectivity index (χ1n) is 4.84. The molecule has 0 fully saturated rings. The van der Waals surface area contributed by atoms with Crippen LogP contribution in [0.25, 0.3) is 10.8 Å². The molecule has 0 radical (unpaired) electrons. The molecular weight excluding hydrogens is 247 g/mol. The molecule has 2 aromatic rings. The van der Waals surface area contributed by atoms with Crippen molar-refractivity contribution in [3.63, 3.8) is 0 Å². The molecule has 2 rings (SSSR count). The molecule has 0 saturated heterocycles. The Bertz CT molecular complexity index is 494. The third kappa shape index (κ3) is 4.00. The van der Waals surface area contributed by atoms with E-state index in [-0.39, 0.29) is 47.9 Å². The third-order valence-corrected chi connectivity index (χ3v) is 2.44. The van der Waals surface area contributed by atoms with Crippen LogP contribution in [0, 0.1) is 0 Å². The molecule has 0 aliphatic carbocycles. The van der Waals surface area contributed by atoms with Gasteiger partial charge >= 0.3 is 35.5 Å². The molecule has 0 aliphatic heterocycles. The van der Waals surface area contributed by atoms with Crippen molar-refractivity contribution in [2.24, 2.45) is 0 Å². The summed E-state index contributed by atoms with van der Waals surface area (Å²) >= 11 is 0. The summed E-state index contributed by atoms with van der Waals surface area (Å²) in [6, 6.07) is 14.0. The Morgan fingerprint density at radius 2 is 1.76 bits per heavy atom. The maximum absolute atomic E-state index is 11.2. The molecule has 0 saturated carbocycles. The van der Waals surface area contributed by atoms with Crippen molar-refractivity contribution in [3.8, 4) is 0 Å². The van der Waals surface area contributed by atoms with E-state index < -0.39 is 0 Å². The normalized spacial score (nSPS) is 9.00. The molecule has 0 aliphatic rings. The van der Waals surface area contributed by atoms with Crippen LogP contribution >= 0.6 is 0 Å². The summed E-state index contributed by atoms with van der Waals surface area (Å²) in [4.78, 5) is 11.2. The van der Waals surface area contributed by atoms with Gasteiger partial charge in [0, 0.05) is 0 Å². The first kappa shape index (κ1) is 16.5. The van der Waals surface area contributed by atoms with Gasteiger partial charge in [0.05, 0.1) is 13.5 Å². The van der Waals surface area contributed by atoms with Crippen LogP contribution in [0.5, 0.6) is 0 Å². The molecule has 2 nitrogen and oxygen atoms in total. The van der Waals surface area contributed by atoms with Gasteiger partial charge in [-0.25, -0.2) is 0 Å². The number of hydrogen-bond acceptors (Lipinski definition) is 2. The largest absolute Gasteiger partial charge is 1.00 e. The predicted molar refractivity (Wildman–Crippen MR) is 59.7 cm³/mol. The molecular formula is C13H12ClNaO2. The molecule has 4 heteroatoms. The van der Waals surface area contributed by atoms with Crippen LogP contribution in [-0.2, 0) is 16.0 Å². The number of fused-ring (bicyclic) bond motifs is 1. The van der Waals surface area contributed by atoms with E-state index in [1.807, 2.05) is 42.5 Å². The summed E-state index contributed by atoms with van der Waals surface area (Å²) in [5.41, 5.74) is 1.01. The Balaban J connectivity index is 0.00000128. The molecule has 0 spiro atoms. The van der Waals surface area contributed by atoms with E-state index >= 15 is 0 Å². The minimum Gasteiger partial charge on any atom is -1.00 e. The van der Waals surface area contributed by atoms with E-state index in [1.165, 1.54) is 7.11 Å².